The largest absolute Gasteiger partial charge is 0.338 e. The van der Waals surface area contributed by atoms with Gasteiger partial charge in [-0.25, -0.2) is 0 Å². The van der Waals surface area contributed by atoms with E-state index in [1.165, 1.54) is 12.8 Å². The van der Waals surface area contributed by atoms with Crippen LogP contribution < -0.4 is 5.32 Å². The Hall–Kier alpha value is -0.830. The molecule has 0 saturated carbocycles. The van der Waals surface area contributed by atoms with E-state index in [1.807, 2.05) is 11.0 Å². The molecule has 1 rings (SSSR count). The van der Waals surface area contributed by atoms with Crippen LogP contribution in [0.15, 0.2) is 12.7 Å². The normalized spacial score (nSPS) is 24.4. The van der Waals surface area contributed by atoms with Gasteiger partial charge in [-0.15, -0.1) is 6.58 Å². The molecule has 2 atom stereocenters. The Morgan fingerprint density at radius 1 is 1.53 bits per heavy atom. The number of carbonyl (C=O) groups excluding carboxylic acids is 1. The summed E-state index contributed by atoms with van der Waals surface area (Å²) in [6, 6.07) is 0.0280. The van der Waals surface area contributed by atoms with Gasteiger partial charge in [0.2, 0.25) is 5.91 Å². The van der Waals surface area contributed by atoms with Crippen molar-refractivity contribution in [3.8, 4) is 0 Å². The zero-order valence-corrected chi connectivity index (χ0v) is 11.2. The molecule has 1 amide bonds. The molecular formula is C14H26N2O. The molecule has 0 spiro atoms. The first-order valence-corrected chi connectivity index (χ1v) is 6.85. The third-order valence-corrected chi connectivity index (χ3v) is 3.54. The maximum Gasteiger partial charge on any atom is 0.239 e. The molecule has 98 valence electrons. The Labute approximate surface area is 105 Å². The van der Waals surface area contributed by atoms with Crippen molar-refractivity contribution in [2.45, 2.75) is 45.6 Å². The summed E-state index contributed by atoms with van der Waals surface area (Å²) < 4.78 is 0. The standard InChI is InChI=1S/C14H26N2O/c1-4-9-16(10-5-2)14(17)13-11-12(6-3)7-8-15-13/h4,12-13,15H,1,5-11H2,2-3H3. The lowest BCUT2D eigenvalue weighted by atomic mass is 9.90. The third kappa shape index (κ3) is 4.15. The van der Waals surface area contributed by atoms with Gasteiger partial charge in [-0.1, -0.05) is 26.3 Å². The van der Waals surface area contributed by atoms with Crippen LogP contribution in [0.5, 0.6) is 0 Å². The molecule has 0 aliphatic carbocycles. The van der Waals surface area contributed by atoms with Crippen molar-refractivity contribution in [2.24, 2.45) is 5.92 Å². The highest BCUT2D eigenvalue weighted by Crippen LogP contribution is 2.20. The minimum Gasteiger partial charge on any atom is -0.338 e. The van der Waals surface area contributed by atoms with Gasteiger partial charge in [-0.05, 0) is 31.7 Å². The molecule has 0 aromatic rings. The summed E-state index contributed by atoms with van der Waals surface area (Å²) >= 11 is 0. The van der Waals surface area contributed by atoms with Crippen LogP contribution in [0.2, 0.25) is 0 Å². The second-order valence-electron chi connectivity index (χ2n) is 4.88. The van der Waals surface area contributed by atoms with E-state index in [9.17, 15) is 4.79 Å². The number of piperidine rings is 1. The topological polar surface area (TPSA) is 32.3 Å². The Balaban J connectivity index is 2.56. The van der Waals surface area contributed by atoms with E-state index in [0.29, 0.717) is 12.5 Å². The van der Waals surface area contributed by atoms with Gasteiger partial charge >= 0.3 is 0 Å². The Bertz CT molecular complexity index is 253. The highest BCUT2D eigenvalue weighted by Gasteiger charge is 2.28. The van der Waals surface area contributed by atoms with Gasteiger partial charge in [0.05, 0.1) is 6.04 Å². The molecule has 1 saturated heterocycles. The number of rotatable bonds is 6. The number of amides is 1. The summed E-state index contributed by atoms with van der Waals surface area (Å²) in [5.74, 6) is 0.960. The summed E-state index contributed by atoms with van der Waals surface area (Å²) in [5, 5.41) is 3.35. The van der Waals surface area contributed by atoms with E-state index in [2.05, 4.69) is 25.7 Å². The highest BCUT2D eigenvalue weighted by atomic mass is 16.2. The van der Waals surface area contributed by atoms with Crippen LogP contribution in [0.25, 0.3) is 0 Å². The smallest absolute Gasteiger partial charge is 0.239 e. The number of nitrogens with zero attached hydrogens (tertiary/aromatic N) is 1. The van der Waals surface area contributed by atoms with Crippen molar-refractivity contribution in [3.63, 3.8) is 0 Å². The van der Waals surface area contributed by atoms with E-state index in [1.54, 1.807) is 0 Å². The highest BCUT2D eigenvalue weighted by molar-refractivity contribution is 5.82. The van der Waals surface area contributed by atoms with Gasteiger partial charge < -0.3 is 10.2 Å². The molecule has 1 heterocycles. The summed E-state index contributed by atoms with van der Waals surface area (Å²) in [4.78, 5) is 14.3. The van der Waals surface area contributed by atoms with E-state index in [4.69, 9.17) is 0 Å². The molecule has 0 aromatic carbocycles. The molecule has 1 fully saturated rings. The molecule has 0 bridgehead atoms. The lowest BCUT2D eigenvalue weighted by molar-refractivity contribution is -0.134. The van der Waals surface area contributed by atoms with Crippen molar-refractivity contribution >= 4 is 5.91 Å². The minimum atomic E-state index is 0.0280. The van der Waals surface area contributed by atoms with Crippen molar-refractivity contribution in [1.82, 2.24) is 10.2 Å². The molecular weight excluding hydrogens is 212 g/mol. The van der Waals surface area contributed by atoms with Crippen LogP contribution in [-0.4, -0.2) is 36.5 Å². The van der Waals surface area contributed by atoms with Crippen LogP contribution in [-0.2, 0) is 4.79 Å². The SMILES string of the molecule is C=CCN(CCC)C(=O)C1CC(CC)CCN1. The van der Waals surface area contributed by atoms with Gasteiger partial charge in [0.25, 0.3) is 0 Å². The van der Waals surface area contributed by atoms with Crippen molar-refractivity contribution in [2.75, 3.05) is 19.6 Å². The number of hydrogen-bond donors (Lipinski definition) is 1. The number of carbonyl (C=O) groups is 1. The van der Waals surface area contributed by atoms with E-state index >= 15 is 0 Å². The molecule has 2 unspecified atom stereocenters. The van der Waals surface area contributed by atoms with Gasteiger partial charge in [0, 0.05) is 13.1 Å². The van der Waals surface area contributed by atoms with Crippen molar-refractivity contribution < 1.29 is 4.79 Å². The average molecular weight is 238 g/mol. The summed E-state index contributed by atoms with van der Waals surface area (Å²) in [6.07, 6.45) is 6.19. The summed E-state index contributed by atoms with van der Waals surface area (Å²) in [7, 11) is 0. The molecule has 3 nitrogen and oxygen atoms in total. The molecule has 1 N–H and O–H groups in total. The minimum absolute atomic E-state index is 0.0280. The number of nitrogens with one attached hydrogen (secondary N) is 1. The number of hydrogen-bond acceptors (Lipinski definition) is 2. The monoisotopic (exact) mass is 238 g/mol. The molecule has 3 heteroatoms. The Morgan fingerprint density at radius 3 is 2.88 bits per heavy atom. The Kier molecular flexibility index (Phi) is 6.27. The van der Waals surface area contributed by atoms with E-state index < -0.39 is 0 Å². The quantitative estimate of drug-likeness (QED) is 0.719. The van der Waals surface area contributed by atoms with Crippen LogP contribution in [0.3, 0.4) is 0 Å². The van der Waals surface area contributed by atoms with Gasteiger partial charge in [0.1, 0.15) is 0 Å². The first kappa shape index (κ1) is 14.2. The van der Waals surface area contributed by atoms with Gasteiger partial charge in [-0.2, -0.15) is 0 Å². The van der Waals surface area contributed by atoms with Crippen molar-refractivity contribution in [1.29, 1.82) is 0 Å². The first-order chi connectivity index (χ1) is 8.22. The summed E-state index contributed by atoms with van der Waals surface area (Å²) in [6.45, 7) is 10.5. The fraction of sp³-hybridized carbons (Fsp3) is 0.786. The van der Waals surface area contributed by atoms with E-state index in [-0.39, 0.29) is 11.9 Å². The third-order valence-electron chi connectivity index (χ3n) is 3.54. The van der Waals surface area contributed by atoms with Crippen molar-refractivity contribution in [3.05, 3.63) is 12.7 Å². The van der Waals surface area contributed by atoms with Crippen LogP contribution in [0.4, 0.5) is 0 Å². The first-order valence-electron chi connectivity index (χ1n) is 6.85. The lowest BCUT2D eigenvalue weighted by Gasteiger charge is -2.32. The maximum atomic E-state index is 12.4. The van der Waals surface area contributed by atoms with Crippen LogP contribution >= 0.6 is 0 Å². The van der Waals surface area contributed by atoms with Gasteiger partial charge in [-0.3, -0.25) is 4.79 Å². The molecule has 0 aromatic heterocycles. The predicted octanol–water partition coefficient (Wildman–Crippen LogP) is 2.19. The lowest BCUT2D eigenvalue weighted by Crippen LogP contribution is -2.50. The fourth-order valence-corrected chi connectivity index (χ4v) is 2.49. The molecule has 1 aliphatic rings. The summed E-state index contributed by atoms with van der Waals surface area (Å²) in [5.41, 5.74) is 0. The second-order valence-corrected chi connectivity index (χ2v) is 4.88. The zero-order chi connectivity index (χ0) is 12.7. The Morgan fingerprint density at radius 2 is 2.29 bits per heavy atom. The maximum absolute atomic E-state index is 12.4. The fourth-order valence-electron chi connectivity index (χ4n) is 2.49. The second kappa shape index (κ2) is 7.49. The molecule has 0 radical (unpaired) electrons. The van der Waals surface area contributed by atoms with Gasteiger partial charge in [0.15, 0.2) is 0 Å². The zero-order valence-electron chi connectivity index (χ0n) is 11.2. The predicted molar refractivity (Wildman–Crippen MR) is 71.9 cm³/mol. The van der Waals surface area contributed by atoms with Crippen LogP contribution in [0, 0.1) is 5.92 Å². The molecule has 1 aliphatic heterocycles. The van der Waals surface area contributed by atoms with E-state index in [0.717, 1.165) is 25.9 Å². The van der Waals surface area contributed by atoms with Crippen LogP contribution in [0.1, 0.15) is 39.5 Å². The average Bonchev–Trinajstić information content (AvgIpc) is 2.38. The molecule has 17 heavy (non-hydrogen) atoms.